The molecule has 5 aromatic rings. The Hall–Kier alpha value is -4.30. The Labute approximate surface area is 207 Å². The first kappa shape index (κ1) is 22.5. The van der Waals surface area contributed by atoms with Crippen molar-refractivity contribution in [2.24, 2.45) is 0 Å². The summed E-state index contributed by atoms with van der Waals surface area (Å²) >= 11 is 0. The zero-order chi connectivity index (χ0) is 24.0. The fourth-order valence-electron chi connectivity index (χ4n) is 4.89. The Morgan fingerprint density at radius 3 is 1.03 bits per heavy atom. The summed E-state index contributed by atoms with van der Waals surface area (Å²) in [6, 6.07) is 45.2. The average molecular weight is 457 g/mol. The van der Waals surface area contributed by atoms with E-state index in [0.29, 0.717) is 5.75 Å². The first-order chi connectivity index (χ1) is 17.3. The van der Waals surface area contributed by atoms with Gasteiger partial charge in [0.2, 0.25) is 0 Å². The highest BCUT2D eigenvalue weighted by molar-refractivity contribution is 5.59. The van der Waals surface area contributed by atoms with Gasteiger partial charge in [-0.15, -0.1) is 0 Å². The second kappa shape index (κ2) is 10.3. The lowest BCUT2D eigenvalue weighted by Crippen LogP contribution is -2.09. The standard InChI is InChI=1S/C33H28O2/c1-35-28-22-29(31(24-14-6-2-7-15-24)25-16-8-3-9-17-25)33(34)30(23-28)32(26-18-10-4-11-19-26)27-20-12-5-13-21-27/h2-23,31-32,34H,1H3. The fraction of sp³-hybridized carbons (Fsp3) is 0.0909. The first-order valence-electron chi connectivity index (χ1n) is 11.9. The number of hydrogen-bond donors (Lipinski definition) is 1. The van der Waals surface area contributed by atoms with Crippen molar-refractivity contribution in [1.82, 2.24) is 0 Å². The Morgan fingerprint density at radius 2 is 0.771 bits per heavy atom. The van der Waals surface area contributed by atoms with E-state index in [1.165, 1.54) is 0 Å². The molecule has 0 radical (unpaired) electrons. The topological polar surface area (TPSA) is 29.5 Å². The Bertz CT molecular complexity index is 1180. The lowest BCUT2D eigenvalue weighted by Gasteiger charge is -2.26. The van der Waals surface area contributed by atoms with Gasteiger partial charge in [-0.2, -0.15) is 0 Å². The molecular formula is C33H28O2. The predicted molar refractivity (Wildman–Crippen MR) is 142 cm³/mol. The van der Waals surface area contributed by atoms with Crippen molar-refractivity contribution in [3.05, 3.63) is 167 Å². The van der Waals surface area contributed by atoms with Crippen LogP contribution in [0.2, 0.25) is 0 Å². The number of aromatic hydroxyl groups is 1. The molecule has 0 atom stereocenters. The molecule has 0 bridgehead atoms. The zero-order valence-electron chi connectivity index (χ0n) is 19.7. The van der Waals surface area contributed by atoms with Crippen molar-refractivity contribution in [2.45, 2.75) is 11.8 Å². The highest BCUT2D eigenvalue weighted by Gasteiger charge is 2.27. The number of benzene rings is 5. The van der Waals surface area contributed by atoms with E-state index in [9.17, 15) is 5.11 Å². The molecule has 0 saturated heterocycles. The molecule has 0 unspecified atom stereocenters. The highest BCUT2D eigenvalue weighted by Crippen LogP contribution is 2.45. The Balaban J connectivity index is 1.77. The van der Waals surface area contributed by atoms with E-state index < -0.39 is 0 Å². The minimum Gasteiger partial charge on any atom is -0.507 e. The van der Waals surface area contributed by atoms with Gasteiger partial charge in [0.25, 0.3) is 0 Å². The zero-order valence-corrected chi connectivity index (χ0v) is 19.7. The van der Waals surface area contributed by atoms with Crippen molar-refractivity contribution in [1.29, 1.82) is 0 Å². The van der Waals surface area contributed by atoms with E-state index >= 15 is 0 Å². The van der Waals surface area contributed by atoms with E-state index in [-0.39, 0.29) is 11.8 Å². The largest absolute Gasteiger partial charge is 0.507 e. The van der Waals surface area contributed by atoms with Crippen molar-refractivity contribution in [3.63, 3.8) is 0 Å². The molecule has 0 amide bonds. The molecule has 0 aliphatic rings. The molecule has 172 valence electrons. The Kier molecular flexibility index (Phi) is 6.63. The smallest absolute Gasteiger partial charge is 0.124 e. The van der Waals surface area contributed by atoms with Crippen LogP contribution < -0.4 is 4.74 Å². The van der Waals surface area contributed by atoms with Crippen LogP contribution in [0, 0.1) is 0 Å². The van der Waals surface area contributed by atoms with Gasteiger partial charge in [-0.1, -0.05) is 121 Å². The first-order valence-corrected chi connectivity index (χ1v) is 11.9. The predicted octanol–water partition coefficient (Wildman–Crippen LogP) is 7.76. The van der Waals surface area contributed by atoms with Gasteiger partial charge in [0.05, 0.1) is 7.11 Å². The third-order valence-corrected chi connectivity index (χ3v) is 6.53. The van der Waals surface area contributed by atoms with Crippen LogP contribution in [0.5, 0.6) is 11.5 Å². The van der Waals surface area contributed by atoms with Crippen LogP contribution in [0.3, 0.4) is 0 Å². The van der Waals surface area contributed by atoms with Crippen LogP contribution in [-0.2, 0) is 0 Å². The van der Waals surface area contributed by atoms with Gasteiger partial charge in [-0.3, -0.25) is 0 Å². The summed E-state index contributed by atoms with van der Waals surface area (Å²) in [7, 11) is 1.68. The van der Waals surface area contributed by atoms with Crippen LogP contribution in [0.25, 0.3) is 0 Å². The molecule has 0 aromatic heterocycles. The lowest BCUT2D eigenvalue weighted by molar-refractivity contribution is 0.408. The summed E-state index contributed by atoms with van der Waals surface area (Å²) in [6.45, 7) is 0. The summed E-state index contributed by atoms with van der Waals surface area (Å²) in [5, 5.41) is 11.9. The van der Waals surface area contributed by atoms with Gasteiger partial charge in [0.1, 0.15) is 11.5 Å². The molecule has 1 N–H and O–H groups in total. The molecule has 5 aromatic carbocycles. The monoisotopic (exact) mass is 456 g/mol. The number of hydrogen-bond acceptors (Lipinski definition) is 2. The van der Waals surface area contributed by atoms with Gasteiger partial charge in [0, 0.05) is 23.0 Å². The molecule has 0 aliphatic carbocycles. The summed E-state index contributed by atoms with van der Waals surface area (Å²) < 4.78 is 5.78. The Morgan fingerprint density at radius 1 is 0.486 bits per heavy atom. The van der Waals surface area contributed by atoms with Gasteiger partial charge in [-0.25, -0.2) is 0 Å². The third kappa shape index (κ3) is 4.69. The van der Waals surface area contributed by atoms with Crippen molar-refractivity contribution < 1.29 is 9.84 Å². The molecule has 0 saturated carbocycles. The fourth-order valence-corrected chi connectivity index (χ4v) is 4.89. The number of phenolic OH excluding ortho intramolecular Hbond substituents is 1. The van der Waals surface area contributed by atoms with Gasteiger partial charge in [-0.05, 0) is 34.4 Å². The van der Waals surface area contributed by atoms with Gasteiger partial charge < -0.3 is 9.84 Å². The molecular weight excluding hydrogens is 428 g/mol. The lowest BCUT2D eigenvalue weighted by atomic mass is 9.79. The SMILES string of the molecule is COc1cc(C(c2ccccc2)c2ccccc2)c(O)c(C(c2ccccc2)c2ccccc2)c1. The summed E-state index contributed by atoms with van der Waals surface area (Å²) in [4.78, 5) is 0. The summed E-state index contributed by atoms with van der Waals surface area (Å²) in [5.41, 5.74) is 6.11. The molecule has 0 heterocycles. The van der Waals surface area contributed by atoms with E-state index in [2.05, 4.69) is 48.5 Å². The second-order valence-electron chi connectivity index (χ2n) is 8.66. The van der Waals surface area contributed by atoms with E-state index in [1.54, 1.807) is 7.11 Å². The van der Waals surface area contributed by atoms with Crippen LogP contribution in [0.15, 0.2) is 133 Å². The minimum atomic E-state index is -0.140. The number of phenols is 1. The molecule has 5 rings (SSSR count). The number of ether oxygens (including phenoxy) is 1. The van der Waals surface area contributed by atoms with Crippen LogP contribution in [0.4, 0.5) is 0 Å². The normalized spacial score (nSPS) is 11.1. The molecule has 0 spiro atoms. The van der Waals surface area contributed by atoms with Crippen LogP contribution in [-0.4, -0.2) is 12.2 Å². The van der Waals surface area contributed by atoms with Crippen LogP contribution in [0.1, 0.15) is 45.2 Å². The maximum Gasteiger partial charge on any atom is 0.124 e. The number of methoxy groups -OCH3 is 1. The third-order valence-electron chi connectivity index (χ3n) is 6.53. The molecule has 2 heteroatoms. The summed E-state index contributed by atoms with van der Waals surface area (Å²) in [6.07, 6.45) is 0. The van der Waals surface area contributed by atoms with Crippen molar-refractivity contribution in [3.8, 4) is 11.5 Å². The van der Waals surface area contributed by atoms with Gasteiger partial charge in [0.15, 0.2) is 0 Å². The maximum absolute atomic E-state index is 11.9. The second-order valence-corrected chi connectivity index (χ2v) is 8.66. The summed E-state index contributed by atoms with van der Waals surface area (Å²) in [5.74, 6) is 0.736. The van der Waals surface area contributed by atoms with Gasteiger partial charge >= 0.3 is 0 Å². The molecule has 0 aliphatic heterocycles. The maximum atomic E-state index is 11.9. The molecule has 2 nitrogen and oxygen atoms in total. The number of rotatable bonds is 7. The van der Waals surface area contributed by atoms with E-state index in [4.69, 9.17) is 4.74 Å². The molecule has 35 heavy (non-hydrogen) atoms. The van der Waals surface area contributed by atoms with Crippen LogP contribution >= 0.6 is 0 Å². The van der Waals surface area contributed by atoms with E-state index in [1.807, 2.05) is 84.9 Å². The minimum absolute atomic E-state index is 0.140. The van der Waals surface area contributed by atoms with Crippen molar-refractivity contribution in [2.75, 3.05) is 7.11 Å². The highest BCUT2D eigenvalue weighted by atomic mass is 16.5. The molecule has 0 fully saturated rings. The average Bonchev–Trinajstić information content (AvgIpc) is 2.93. The van der Waals surface area contributed by atoms with Crippen molar-refractivity contribution >= 4 is 0 Å². The van der Waals surface area contributed by atoms with E-state index in [0.717, 1.165) is 39.1 Å². The quantitative estimate of drug-likeness (QED) is 0.254.